The van der Waals surface area contributed by atoms with Gasteiger partial charge in [0.2, 0.25) is 0 Å². The van der Waals surface area contributed by atoms with Crippen LogP contribution in [0.5, 0.6) is 0 Å². The fourth-order valence-electron chi connectivity index (χ4n) is 3.37. The van der Waals surface area contributed by atoms with Crippen LogP contribution in [0.2, 0.25) is 0 Å². The van der Waals surface area contributed by atoms with Crippen molar-refractivity contribution >= 4 is 34.3 Å². The summed E-state index contributed by atoms with van der Waals surface area (Å²) in [4.78, 5) is 17.1. The highest BCUT2D eigenvalue weighted by Gasteiger charge is 2.05. The molecular formula is C29H29N3OS. The quantitative estimate of drug-likeness (QED) is 0.183. The van der Waals surface area contributed by atoms with E-state index in [9.17, 15) is 4.79 Å². The van der Waals surface area contributed by atoms with Crippen molar-refractivity contribution in [1.82, 2.24) is 4.98 Å². The van der Waals surface area contributed by atoms with Crippen LogP contribution in [0.4, 0.5) is 5.69 Å². The minimum Gasteiger partial charge on any atom is -0.322 e. The Balaban J connectivity index is 0.000000196. The van der Waals surface area contributed by atoms with Gasteiger partial charge >= 0.3 is 0 Å². The maximum Gasteiger partial charge on any atom is 0.251 e. The number of nitrogens with zero attached hydrogens (tertiary/aromatic N) is 1. The number of rotatable bonds is 5. The van der Waals surface area contributed by atoms with Crippen molar-refractivity contribution in [2.24, 2.45) is 5.14 Å². The van der Waals surface area contributed by atoms with Crippen molar-refractivity contribution in [3.8, 4) is 11.1 Å². The normalized spacial score (nSPS) is 10.9. The first-order chi connectivity index (χ1) is 16.4. The van der Waals surface area contributed by atoms with Crippen molar-refractivity contribution in [1.29, 1.82) is 0 Å². The van der Waals surface area contributed by atoms with Gasteiger partial charge in [-0.15, -0.1) is 0 Å². The average molecular weight is 468 g/mol. The summed E-state index contributed by atoms with van der Waals surface area (Å²) in [7, 11) is 0. The Hall–Kier alpha value is -3.67. The summed E-state index contributed by atoms with van der Waals surface area (Å²) in [6.07, 6.45) is 5.29. The smallest absolute Gasteiger partial charge is 0.251 e. The zero-order chi connectivity index (χ0) is 24.5. The zero-order valence-corrected chi connectivity index (χ0v) is 20.5. The number of carbonyl (C=O) groups is 1. The van der Waals surface area contributed by atoms with Crippen LogP contribution >= 0.6 is 11.9 Å². The Morgan fingerprint density at radius 1 is 1.00 bits per heavy atom. The maximum absolute atomic E-state index is 11.9. The molecule has 1 aromatic heterocycles. The molecule has 3 N–H and O–H groups in total. The number of hydrogen-bond donors (Lipinski definition) is 2. The molecule has 0 unspecified atom stereocenters. The van der Waals surface area contributed by atoms with Gasteiger partial charge in [0.15, 0.2) is 0 Å². The summed E-state index contributed by atoms with van der Waals surface area (Å²) in [6.45, 7) is 9.48. The molecule has 0 atom stereocenters. The van der Waals surface area contributed by atoms with E-state index in [4.69, 9.17) is 5.14 Å². The number of nitrogens with two attached hydrogens (primary N) is 1. The molecule has 0 spiro atoms. The lowest BCUT2D eigenvalue weighted by Gasteiger charge is -2.06. The molecule has 4 nitrogen and oxygen atoms in total. The lowest BCUT2D eigenvalue weighted by Crippen LogP contribution is -2.12. The molecule has 34 heavy (non-hydrogen) atoms. The number of allylic oxidation sites excluding steroid dienone is 2. The molecule has 1 amide bonds. The van der Waals surface area contributed by atoms with Crippen LogP contribution in [0.15, 0.2) is 114 Å². The molecule has 4 aromatic rings. The van der Waals surface area contributed by atoms with Crippen molar-refractivity contribution in [2.75, 3.05) is 5.32 Å². The summed E-state index contributed by atoms with van der Waals surface area (Å²) >= 11 is 1.29. The SMILES string of the molecule is C=C(C)/C=C(\C)C(=O)Nc1ccc2ccncc2c1.Cc1ccc(-c2ccccc2SN)cc1. The Bertz CT molecular complexity index is 1330. The minimum absolute atomic E-state index is 0.119. The Morgan fingerprint density at radius 3 is 2.44 bits per heavy atom. The number of hydrogen-bond acceptors (Lipinski definition) is 4. The number of amides is 1. The number of aryl methyl sites for hydroxylation is 1. The molecule has 3 aromatic carbocycles. The van der Waals surface area contributed by atoms with Crippen molar-refractivity contribution in [3.63, 3.8) is 0 Å². The van der Waals surface area contributed by atoms with E-state index in [1.54, 1.807) is 25.4 Å². The second-order valence-electron chi connectivity index (χ2n) is 8.05. The maximum atomic E-state index is 11.9. The molecule has 4 rings (SSSR count). The lowest BCUT2D eigenvalue weighted by atomic mass is 10.0. The van der Waals surface area contributed by atoms with Gasteiger partial charge in [-0.3, -0.25) is 14.9 Å². The molecule has 0 saturated heterocycles. The van der Waals surface area contributed by atoms with Crippen LogP contribution in [0.1, 0.15) is 19.4 Å². The van der Waals surface area contributed by atoms with E-state index in [0.29, 0.717) is 5.57 Å². The van der Waals surface area contributed by atoms with E-state index < -0.39 is 0 Å². The second-order valence-corrected chi connectivity index (χ2v) is 8.72. The molecule has 0 radical (unpaired) electrons. The van der Waals surface area contributed by atoms with Gasteiger partial charge in [0, 0.05) is 33.9 Å². The zero-order valence-electron chi connectivity index (χ0n) is 19.7. The number of fused-ring (bicyclic) bond motifs is 1. The van der Waals surface area contributed by atoms with Crippen LogP contribution in [-0.4, -0.2) is 10.9 Å². The molecule has 0 aliphatic rings. The van der Waals surface area contributed by atoms with Gasteiger partial charge in [-0.1, -0.05) is 72.3 Å². The molecule has 0 fully saturated rings. The van der Waals surface area contributed by atoms with Crippen LogP contribution in [0.3, 0.4) is 0 Å². The predicted octanol–water partition coefficient (Wildman–Crippen LogP) is 7.32. The van der Waals surface area contributed by atoms with Gasteiger partial charge in [0.1, 0.15) is 0 Å². The van der Waals surface area contributed by atoms with Crippen LogP contribution in [-0.2, 0) is 4.79 Å². The molecule has 172 valence electrons. The first-order valence-electron chi connectivity index (χ1n) is 10.9. The van der Waals surface area contributed by atoms with E-state index in [2.05, 4.69) is 54.1 Å². The number of anilines is 1. The third kappa shape index (κ3) is 6.91. The second kappa shape index (κ2) is 12.0. The molecule has 0 aliphatic carbocycles. The topological polar surface area (TPSA) is 68.0 Å². The number of pyridine rings is 1. The standard InChI is InChI=1S/C16H16N2O.C13H13NS/c1-11(2)8-12(3)16(19)18-15-5-4-13-6-7-17-10-14(13)9-15;1-10-6-8-11(9-7-10)12-4-2-3-5-13(12)15-14/h4-10H,1H2,2-3H3,(H,18,19);2-9H,14H2,1H3/b12-8+;. The number of aromatic nitrogens is 1. The summed E-state index contributed by atoms with van der Waals surface area (Å²) in [6, 6.07) is 24.4. The lowest BCUT2D eigenvalue weighted by molar-refractivity contribution is -0.112. The van der Waals surface area contributed by atoms with Gasteiger partial charge in [-0.2, -0.15) is 0 Å². The summed E-state index contributed by atoms with van der Waals surface area (Å²) in [5, 5.41) is 10.6. The first-order valence-corrected chi connectivity index (χ1v) is 11.8. The van der Waals surface area contributed by atoms with Crippen molar-refractivity contribution < 1.29 is 4.79 Å². The van der Waals surface area contributed by atoms with E-state index in [1.807, 2.05) is 49.4 Å². The van der Waals surface area contributed by atoms with E-state index in [1.165, 1.54) is 28.6 Å². The van der Waals surface area contributed by atoms with Crippen LogP contribution < -0.4 is 10.5 Å². The molecular weight excluding hydrogens is 438 g/mol. The highest BCUT2D eigenvalue weighted by atomic mass is 32.2. The van der Waals surface area contributed by atoms with E-state index >= 15 is 0 Å². The number of carbonyl (C=O) groups excluding carboxylic acids is 1. The minimum atomic E-state index is -0.119. The first kappa shape index (κ1) is 25.0. The van der Waals surface area contributed by atoms with Crippen molar-refractivity contribution in [2.45, 2.75) is 25.7 Å². The molecule has 5 heteroatoms. The van der Waals surface area contributed by atoms with Gasteiger partial charge in [-0.25, -0.2) is 0 Å². The molecule has 0 aliphatic heterocycles. The third-order valence-electron chi connectivity index (χ3n) is 5.10. The van der Waals surface area contributed by atoms with Gasteiger partial charge < -0.3 is 5.32 Å². The number of nitrogens with one attached hydrogen (secondary N) is 1. The van der Waals surface area contributed by atoms with E-state index in [0.717, 1.165) is 26.9 Å². The van der Waals surface area contributed by atoms with Crippen LogP contribution in [0.25, 0.3) is 21.9 Å². The van der Waals surface area contributed by atoms with E-state index in [-0.39, 0.29) is 5.91 Å². The third-order valence-corrected chi connectivity index (χ3v) is 5.71. The highest BCUT2D eigenvalue weighted by molar-refractivity contribution is 7.97. The van der Waals surface area contributed by atoms with Crippen molar-refractivity contribution in [3.05, 3.63) is 115 Å². The summed E-state index contributed by atoms with van der Waals surface area (Å²) < 4.78 is 0. The largest absolute Gasteiger partial charge is 0.322 e. The van der Waals surface area contributed by atoms with Gasteiger partial charge in [-0.05, 0) is 73.5 Å². The number of benzene rings is 3. The van der Waals surface area contributed by atoms with Gasteiger partial charge in [0.25, 0.3) is 5.91 Å². The highest BCUT2D eigenvalue weighted by Crippen LogP contribution is 2.28. The Labute approximate surface area is 205 Å². The molecule has 0 bridgehead atoms. The fourth-order valence-corrected chi connectivity index (χ4v) is 3.84. The Morgan fingerprint density at radius 2 is 1.74 bits per heavy atom. The van der Waals surface area contributed by atoms with Gasteiger partial charge in [0.05, 0.1) is 0 Å². The monoisotopic (exact) mass is 467 g/mol. The summed E-state index contributed by atoms with van der Waals surface area (Å²) in [5.41, 5.74) is 5.95. The summed E-state index contributed by atoms with van der Waals surface area (Å²) in [5.74, 6) is -0.119. The predicted molar refractivity (Wildman–Crippen MR) is 146 cm³/mol. The molecule has 0 saturated carbocycles. The Kier molecular flexibility index (Phi) is 8.79. The fraction of sp³-hybridized carbons (Fsp3) is 0.103. The average Bonchev–Trinajstić information content (AvgIpc) is 2.84. The van der Waals surface area contributed by atoms with Crippen LogP contribution in [0, 0.1) is 6.92 Å². The molecule has 1 heterocycles.